The summed E-state index contributed by atoms with van der Waals surface area (Å²) in [4.78, 5) is 21.9. The number of rotatable bonds is 6. The van der Waals surface area contributed by atoms with Gasteiger partial charge in [0.15, 0.2) is 0 Å². The van der Waals surface area contributed by atoms with Gasteiger partial charge in [-0.15, -0.1) is 0 Å². The van der Waals surface area contributed by atoms with E-state index in [0.717, 1.165) is 29.1 Å². The van der Waals surface area contributed by atoms with Crippen LogP contribution in [0.3, 0.4) is 0 Å². The summed E-state index contributed by atoms with van der Waals surface area (Å²) in [6, 6.07) is 17.5. The molecule has 0 bridgehead atoms. The molecule has 1 heterocycles. The standard InChI is InChI=1S/C19H23N5O/c1-14(18-22-16-10-6-7-11-17(16)23-18)21-19(25)20-12-13-24(2)15-8-4-3-5-9-15/h3-11,14H,12-13H2,1-2H3,(H,22,23)(H2,20,21,25). The van der Waals surface area contributed by atoms with Gasteiger partial charge in [0.1, 0.15) is 5.82 Å². The van der Waals surface area contributed by atoms with Crippen LogP contribution in [0.15, 0.2) is 54.6 Å². The predicted octanol–water partition coefficient (Wildman–Crippen LogP) is 3.06. The number of para-hydroxylation sites is 3. The Kier molecular flexibility index (Phi) is 5.18. The maximum Gasteiger partial charge on any atom is 0.315 e. The molecule has 0 radical (unpaired) electrons. The van der Waals surface area contributed by atoms with E-state index < -0.39 is 0 Å². The number of likely N-dealkylation sites (N-methyl/N-ethyl adjacent to an activating group) is 1. The maximum absolute atomic E-state index is 12.1. The highest BCUT2D eigenvalue weighted by atomic mass is 16.2. The zero-order valence-corrected chi connectivity index (χ0v) is 14.5. The van der Waals surface area contributed by atoms with Gasteiger partial charge in [-0.3, -0.25) is 0 Å². The predicted molar refractivity (Wildman–Crippen MR) is 101 cm³/mol. The Hall–Kier alpha value is -3.02. The number of imidazole rings is 1. The minimum absolute atomic E-state index is 0.195. The lowest BCUT2D eigenvalue weighted by Crippen LogP contribution is -2.40. The molecule has 0 aliphatic heterocycles. The van der Waals surface area contributed by atoms with E-state index in [9.17, 15) is 4.79 Å². The second-order valence-electron chi connectivity index (χ2n) is 6.02. The fourth-order valence-electron chi connectivity index (χ4n) is 2.64. The van der Waals surface area contributed by atoms with Crippen LogP contribution in [0, 0.1) is 0 Å². The third kappa shape index (κ3) is 4.29. The Morgan fingerprint density at radius 2 is 1.88 bits per heavy atom. The lowest BCUT2D eigenvalue weighted by Gasteiger charge is -2.20. The molecule has 3 N–H and O–H groups in total. The molecule has 3 aromatic rings. The van der Waals surface area contributed by atoms with Crippen molar-refractivity contribution in [3.63, 3.8) is 0 Å². The van der Waals surface area contributed by atoms with Crippen molar-refractivity contribution in [3.8, 4) is 0 Å². The van der Waals surface area contributed by atoms with Crippen LogP contribution < -0.4 is 15.5 Å². The van der Waals surface area contributed by atoms with Crippen LogP contribution in [0.1, 0.15) is 18.8 Å². The SMILES string of the molecule is CC(NC(=O)NCCN(C)c1ccccc1)c1nc2ccccc2[nH]1. The summed E-state index contributed by atoms with van der Waals surface area (Å²) < 4.78 is 0. The molecule has 130 valence electrons. The first kappa shape index (κ1) is 16.8. The molecule has 6 nitrogen and oxygen atoms in total. The first-order valence-corrected chi connectivity index (χ1v) is 8.38. The summed E-state index contributed by atoms with van der Waals surface area (Å²) in [6.45, 7) is 3.20. The zero-order chi connectivity index (χ0) is 17.6. The molecular weight excluding hydrogens is 314 g/mol. The molecule has 1 atom stereocenters. The number of nitrogens with one attached hydrogen (secondary N) is 3. The summed E-state index contributed by atoms with van der Waals surface area (Å²) in [5.74, 6) is 0.748. The van der Waals surface area contributed by atoms with Gasteiger partial charge in [0.2, 0.25) is 0 Å². The van der Waals surface area contributed by atoms with Crippen LogP contribution in [0.4, 0.5) is 10.5 Å². The van der Waals surface area contributed by atoms with Gasteiger partial charge in [-0.1, -0.05) is 30.3 Å². The number of hydrogen-bond acceptors (Lipinski definition) is 3. The summed E-state index contributed by atoms with van der Waals surface area (Å²) in [5, 5.41) is 5.79. The molecule has 2 amide bonds. The van der Waals surface area contributed by atoms with E-state index in [1.165, 1.54) is 0 Å². The van der Waals surface area contributed by atoms with Crippen molar-refractivity contribution < 1.29 is 4.79 Å². The van der Waals surface area contributed by atoms with E-state index in [-0.39, 0.29) is 12.1 Å². The van der Waals surface area contributed by atoms with Gasteiger partial charge < -0.3 is 20.5 Å². The van der Waals surface area contributed by atoms with Crippen molar-refractivity contribution in [1.29, 1.82) is 0 Å². The molecule has 2 aromatic carbocycles. The fourth-order valence-corrected chi connectivity index (χ4v) is 2.64. The van der Waals surface area contributed by atoms with E-state index in [4.69, 9.17) is 0 Å². The molecule has 0 saturated heterocycles. The van der Waals surface area contributed by atoms with Gasteiger partial charge in [-0.25, -0.2) is 9.78 Å². The van der Waals surface area contributed by atoms with E-state index in [1.54, 1.807) is 0 Å². The normalized spacial score (nSPS) is 11.9. The Balaban J connectivity index is 1.47. The number of hydrogen-bond donors (Lipinski definition) is 3. The quantitative estimate of drug-likeness (QED) is 0.647. The van der Waals surface area contributed by atoms with E-state index >= 15 is 0 Å². The van der Waals surface area contributed by atoms with E-state index in [1.807, 2.05) is 68.6 Å². The minimum atomic E-state index is -0.200. The Bertz CT molecular complexity index is 797. The number of benzene rings is 2. The molecular formula is C19H23N5O. The van der Waals surface area contributed by atoms with Crippen LogP contribution in [0.2, 0.25) is 0 Å². The van der Waals surface area contributed by atoms with Crippen molar-refractivity contribution in [3.05, 3.63) is 60.4 Å². The number of anilines is 1. The number of fused-ring (bicyclic) bond motifs is 1. The van der Waals surface area contributed by atoms with Crippen LogP contribution in [-0.2, 0) is 0 Å². The average molecular weight is 337 g/mol. The number of H-pyrrole nitrogens is 1. The molecule has 1 aromatic heterocycles. The first-order valence-electron chi connectivity index (χ1n) is 8.38. The molecule has 0 saturated carbocycles. The van der Waals surface area contributed by atoms with Crippen molar-refractivity contribution >= 4 is 22.8 Å². The van der Waals surface area contributed by atoms with Gasteiger partial charge in [0, 0.05) is 25.8 Å². The third-order valence-corrected chi connectivity index (χ3v) is 4.10. The van der Waals surface area contributed by atoms with Gasteiger partial charge >= 0.3 is 6.03 Å². The highest BCUT2D eigenvalue weighted by molar-refractivity contribution is 5.76. The fraction of sp³-hybridized carbons (Fsp3) is 0.263. The number of carbonyl (C=O) groups excluding carboxylic acids is 1. The molecule has 6 heteroatoms. The van der Waals surface area contributed by atoms with Crippen LogP contribution in [0.5, 0.6) is 0 Å². The van der Waals surface area contributed by atoms with Gasteiger partial charge in [-0.05, 0) is 31.2 Å². The molecule has 1 unspecified atom stereocenters. The first-order chi connectivity index (χ1) is 12.1. The van der Waals surface area contributed by atoms with Crippen LogP contribution in [0.25, 0.3) is 11.0 Å². The van der Waals surface area contributed by atoms with Crippen molar-refractivity contribution in [2.45, 2.75) is 13.0 Å². The Labute approximate surface area is 147 Å². The van der Waals surface area contributed by atoms with Crippen molar-refractivity contribution in [2.75, 3.05) is 25.0 Å². The maximum atomic E-state index is 12.1. The van der Waals surface area contributed by atoms with Crippen LogP contribution in [-0.4, -0.2) is 36.1 Å². The Morgan fingerprint density at radius 1 is 1.16 bits per heavy atom. The summed E-state index contributed by atoms with van der Waals surface area (Å²) >= 11 is 0. The lowest BCUT2D eigenvalue weighted by atomic mass is 10.3. The molecule has 0 aliphatic rings. The van der Waals surface area contributed by atoms with Crippen molar-refractivity contribution in [2.24, 2.45) is 0 Å². The second-order valence-corrected chi connectivity index (χ2v) is 6.02. The summed E-state index contributed by atoms with van der Waals surface area (Å²) in [7, 11) is 2.01. The largest absolute Gasteiger partial charge is 0.373 e. The topological polar surface area (TPSA) is 73.1 Å². The van der Waals surface area contributed by atoms with E-state index in [0.29, 0.717) is 6.54 Å². The number of carbonyl (C=O) groups is 1. The molecule has 0 fully saturated rings. The van der Waals surface area contributed by atoms with Gasteiger partial charge in [0.05, 0.1) is 17.1 Å². The van der Waals surface area contributed by atoms with Crippen molar-refractivity contribution in [1.82, 2.24) is 20.6 Å². The van der Waals surface area contributed by atoms with Gasteiger partial charge in [0.25, 0.3) is 0 Å². The number of aromatic amines is 1. The summed E-state index contributed by atoms with van der Waals surface area (Å²) in [5.41, 5.74) is 2.99. The van der Waals surface area contributed by atoms with Gasteiger partial charge in [-0.2, -0.15) is 0 Å². The molecule has 0 aliphatic carbocycles. The van der Waals surface area contributed by atoms with Crippen LogP contribution >= 0.6 is 0 Å². The molecule has 3 rings (SSSR count). The molecule has 0 spiro atoms. The Morgan fingerprint density at radius 3 is 2.64 bits per heavy atom. The number of amides is 2. The number of aromatic nitrogens is 2. The lowest BCUT2D eigenvalue weighted by molar-refractivity contribution is 0.238. The van der Waals surface area contributed by atoms with E-state index in [2.05, 4.69) is 25.5 Å². The highest BCUT2D eigenvalue weighted by Crippen LogP contribution is 2.15. The number of urea groups is 1. The smallest absolute Gasteiger partial charge is 0.315 e. The number of nitrogens with zero attached hydrogens (tertiary/aromatic N) is 2. The average Bonchev–Trinajstić information content (AvgIpc) is 3.06. The summed E-state index contributed by atoms with van der Waals surface area (Å²) in [6.07, 6.45) is 0. The molecule has 25 heavy (non-hydrogen) atoms. The third-order valence-electron chi connectivity index (χ3n) is 4.10. The second kappa shape index (κ2) is 7.70. The monoisotopic (exact) mass is 337 g/mol. The highest BCUT2D eigenvalue weighted by Gasteiger charge is 2.13. The zero-order valence-electron chi connectivity index (χ0n) is 14.5. The minimum Gasteiger partial charge on any atom is -0.373 e.